The van der Waals surface area contributed by atoms with Crippen molar-refractivity contribution in [3.8, 4) is 0 Å². The lowest BCUT2D eigenvalue weighted by atomic mass is 10.2. The molecule has 0 amide bonds. The van der Waals surface area contributed by atoms with Gasteiger partial charge in [0.15, 0.2) is 0 Å². The maximum Gasteiger partial charge on any atom is 0.0449 e. The molecule has 2 nitrogen and oxygen atoms in total. The molecular weight excluding hydrogens is 90.1 g/mol. The van der Waals surface area contributed by atoms with E-state index in [0.29, 0.717) is 0 Å². The predicted octanol–water partition coefficient (Wildman–Crippen LogP) is 0.985. The first-order valence-corrected chi connectivity index (χ1v) is 2.52. The first-order chi connectivity index (χ1) is 3.39. The number of nitrogens with zero attached hydrogens (tertiary/aromatic N) is 1. The van der Waals surface area contributed by atoms with Crippen molar-refractivity contribution in [3.05, 3.63) is 12.3 Å². The van der Waals surface area contributed by atoms with Crippen LogP contribution in [0.15, 0.2) is 12.3 Å². The Morgan fingerprint density at radius 2 is 2.43 bits per heavy atom. The minimum Gasteiger partial charge on any atom is -0.289 e. The molecule has 0 fully saturated rings. The Labute approximate surface area is 43.0 Å². The molecule has 2 heteroatoms. The van der Waals surface area contributed by atoms with Crippen molar-refractivity contribution < 1.29 is 5.21 Å². The molecular formula is C5H9NO. The van der Waals surface area contributed by atoms with Crippen molar-refractivity contribution in [2.24, 2.45) is 0 Å². The second kappa shape index (κ2) is 1.98. The summed E-state index contributed by atoms with van der Waals surface area (Å²) in [5, 5.41) is 9.87. The molecule has 0 atom stereocenters. The smallest absolute Gasteiger partial charge is 0.0449 e. The molecule has 1 aliphatic heterocycles. The highest BCUT2D eigenvalue weighted by Gasteiger charge is 1.95. The maximum atomic E-state index is 8.66. The van der Waals surface area contributed by atoms with Crippen LogP contribution in [-0.4, -0.2) is 16.8 Å². The van der Waals surface area contributed by atoms with E-state index >= 15 is 0 Å². The topological polar surface area (TPSA) is 23.5 Å². The highest BCUT2D eigenvalue weighted by Crippen LogP contribution is 2.00. The average molecular weight is 99.1 g/mol. The van der Waals surface area contributed by atoms with Crippen LogP contribution in [0, 0.1) is 0 Å². The van der Waals surface area contributed by atoms with E-state index in [0.717, 1.165) is 19.4 Å². The minimum atomic E-state index is 0.788. The van der Waals surface area contributed by atoms with E-state index in [-0.39, 0.29) is 0 Å². The van der Waals surface area contributed by atoms with Crippen LogP contribution in [-0.2, 0) is 0 Å². The summed E-state index contributed by atoms with van der Waals surface area (Å²) in [6.07, 6.45) is 5.84. The molecule has 1 rings (SSSR count). The van der Waals surface area contributed by atoms with Gasteiger partial charge in [-0.2, -0.15) is 0 Å². The molecule has 0 aromatic carbocycles. The van der Waals surface area contributed by atoms with Crippen LogP contribution < -0.4 is 0 Å². The zero-order chi connectivity index (χ0) is 5.11. The Kier molecular flexibility index (Phi) is 1.32. The van der Waals surface area contributed by atoms with Crippen molar-refractivity contribution in [3.63, 3.8) is 0 Å². The summed E-state index contributed by atoms with van der Waals surface area (Å²) in [5.41, 5.74) is 0. The standard InChI is InChI=1S/C5H9NO/c7-6-4-2-1-3-5-6/h2,4,7H,1,3,5H2. The lowest BCUT2D eigenvalue weighted by Gasteiger charge is -2.13. The Bertz CT molecular complexity index is 80.1. The van der Waals surface area contributed by atoms with Crippen molar-refractivity contribution >= 4 is 0 Å². The fourth-order valence-electron chi connectivity index (χ4n) is 0.642. The van der Waals surface area contributed by atoms with Gasteiger partial charge in [-0.25, -0.2) is 0 Å². The molecule has 0 bridgehead atoms. The van der Waals surface area contributed by atoms with E-state index in [4.69, 9.17) is 5.21 Å². The Hall–Kier alpha value is -0.500. The zero-order valence-electron chi connectivity index (χ0n) is 4.17. The molecule has 40 valence electrons. The SMILES string of the molecule is ON1C=CCCC1. The average Bonchev–Trinajstić information content (AvgIpc) is 1.69. The van der Waals surface area contributed by atoms with Gasteiger partial charge in [0, 0.05) is 12.7 Å². The van der Waals surface area contributed by atoms with Gasteiger partial charge in [0.2, 0.25) is 0 Å². The summed E-state index contributed by atoms with van der Waals surface area (Å²) < 4.78 is 0. The van der Waals surface area contributed by atoms with Gasteiger partial charge in [0.05, 0.1) is 0 Å². The number of hydroxylamine groups is 2. The molecule has 7 heavy (non-hydrogen) atoms. The van der Waals surface area contributed by atoms with Crippen molar-refractivity contribution in [2.75, 3.05) is 6.54 Å². The molecule has 0 radical (unpaired) electrons. The molecule has 0 aliphatic carbocycles. The van der Waals surface area contributed by atoms with E-state index in [1.165, 1.54) is 5.06 Å². The molecule has 0 aromatic heterocycles. The Morgan fingerprint density at radius 1 is 1.57 bits per heavy atom. The van der Waals surface area contributed by atoms with Crippen LogP contribution in [0.2, 0.25) is 0 Å². The summed E-state index contributed by atoms with van der Waals surface area (Å²) in [6, 6.07) is 0. The van der Waals surface area contributed by atoms with Gasteiger partial charge >= 0.3 is 0 Å². The molecule has 0 spiro atoms. The van der Waals surface area contributed by atoms with Gasteiger partial charge in [-0.05, 0) is 12.8 Å². The highest BCUT2D eigenvalue weighted by molar-refractivity contribution is 4.82. The largest absolute Gasteiger partial charge is 0.289 e. The number of hydrogen-bond donors (Lipinski definition) is 1. The minimum absolute atomic E-state index is 0.788. The highest BCUT2D eigenvalue weighted by atomic mass is 16.5. The van der Waals surface area contributed by atoms with E-state index < -0.39 is 0 Å². The van der Waals surface area contributed by atoms with E-state index in [1.807, 2.05) is 6.08 Å². The summed E-state index contributed by atoms with van der Waals surface area (Å²) >= 11 is 0. The van der Waals surface area contributed by atoms with Crippen LogP contribution >= 0.6 is 0 Å². The lowest BCUT2D eigenvalue weighted by molar-refractivity contribution is -0.0452. The fraction of sp³-hybridized carbons (Fsp3) is 0.600. The molecule has 0 saturated carbocycles. The molecule has 0 saturated heterocycles. The summed E-state index contributed by atoms with van der Waals surface area (Å²) in [4.78, 5) is 0. The van der Waals surface area contributed by atoms with E-state index in [1.54, 1.807) is 6.20 Å². The van der Waals surface area contributed by atoms with Gasteiger partial charge in [0.25, 0.3) is 0 Å². The second-order valence-corrected chi connectivity index (χ2v) is 1.69. The first-order valence-electron chi connectivity index (χ1n) is 2.52. The summed E-state index contributed by atoms with van der Waals surface area (Å²) in [5.74, 6) is 0. The third-order valence-electron chi connectivity index (χ3n) is 1.04. The molecule has 1 heterocycles. The van der Waals surface area contributed by atoms with Crippen LogP contribution in [0.5, 0.6) is 0 Å². The van der Waals surface area contributed by atoms with Crippen LogP contribution in [0.4, 0.5) is 0 Å². The Morgan fingerprint density at radius 3 is 2.71 bits per heavy atom. The van der Waals surface area contributed by atoms with Crippen LogP contribution in [0.25, 0.3) is 0 Å². The second-order valence-electron chi connectivity index (χ2n) is 1.69. The Balaban J connectivity index is 2.36. The maximum absolute atomic E-state index is 8.66. The third kappa shape index (κ3) is 1.20. The van der Waals surface area contributed by atoms with Crippen LogP contribution in [0.3, 0.4) is 0 Å². The molecule has 1 N–H and O–H groups in total. The van der Waals surface area contributed by atoms with Gasteiger partial charge in [-0.15, -0.1) is 0 Å². The number of allylic oxidation sites excluding steroid dienone is 1. The van der Waals surface area contributed by atoms with Gasteiger partial charge in [-0.1, -0.05) is 6.08 Å². The van der Waals surface area contributed by atoms with Crippen molar-refractivity contribution in [1.82, 2.24) is 5.06 Å². The quantitative estimate of drug-likeness (QED) is 0.489. The summed E-state index contributed by atoms with van der Waals surface area (Å²) in [6.45, 7) is 0.788. The van der Waals surface area contributed by atoms with Crippen molar-refractivity contribution in [1.29, 1.82) is 0 Å². The predicted molar refractivity (Wildman–Crippen MR) is 26.9 cm³/mol. The number of hydrogen-bond acceptors (Lipinski definition) is 2. The van der Waals surface area contributed by atoms with Crippen molar-refractivity contribution in [2.45, 2.75) is 12.8 Å². The van der Waals surface area contributed by atoms with E-state index in [9.17, 15) is 0 Å². The monoisotopic (exact) mass is 99.1 g/mol. The van der Waals surface area contributed by atoms with Gasteiger partial charge in [0.1, 0.15) is 0 Å². The van der Waals surface area contributed by atoms with E-state index in [2.05, 4.69) is 0 Å². The summed E-state index contributed by atoms with van der Waals surface area (Å²) in [7, 11) is 0. The van der Waals surface area contributed by atoms with Gasteiger partial charge in [-0.3, -0.25) is 10.3 Å². The normalized spacial score (nSPS) is 20.4. The fourth-order valence-corrected chi connectivity index (χ4v) is 0.642. The molecule has 0 aromatic rings. The van der Waals surface area contributed by atoms with Crippen LogP contribution in [0.1, 0.15) is 12.8 Å². The first kappa shape index (κ1) is 4.65. The lowest BCUT2D eigenvalue weighted by Crippen LogP contribution is -2.15. The molecule has 1 aliphatic rings. The van der Waals surface area contributed by atoms with Gasteiger partial charge < -0.3 is 0 Å². The molecule has 0 unspecified atom stereocenters. The third-order valence-corrected chi connectivity index (χ3v) is 1.04. The number of rotatable bonds is 0. The zero-order valence-corrected chi connectivity index (χ0v) is 4.17.